The molecule has 10 heavy (non-hydrogen) atoms. The molecule has 0 radical (unpaired) electrons. The lowest BCUT2D eigenvalue weighted by Crippen LogP contribution is -1.80. The molecular weight excluding hydrogens is 230 g/mol. The van der Waals surface area contributed by atoms with Crippen LogP contribution in [0.2, 0.25) is 0 Å². The molecule has 0 unspecified atom stereocenters. The standard InChI is InChI=1S/C6H6BrN.H2S2/c7-5-2-1-3-6(8)4-5;1-2/h1-4H,8H2;1-2H. The first-order chi connectivity index (χ1) is 4.79. The Bertz CT molecular complexity index is 176. The highest BCUT2D eigenvalue weighted by Gasteiger charge is 1.82. The second-order valence-corrected chi connectivity index (χ2v) is 2.47. The van der Waals surface area contributed by atoms with Crippen LogP contribution in [0.3, 0.4) is 0 Å². The molecule has 0 spiro atoms. The lowest BCUT2D eigenvalue weighted by Gasteiger charge is -1.89. The summed E-state index contributed by atoms with van der Waals surface area (Å²) in [6.07, 6.45) is 0. The van der Waals surface area contributed by atoms with E-state index in [0.717, 1.165) is 10.2 Å². The quantitative estimate of drug-likeness (QED) is 0.361. The smallest absolute Gasteiger partial charge is 0.0325 e. The summed E-state index contributed by atoms with van der Waals surface area (Å²) in [5.74, 6) is 0. The molecule has 0 heterocycles. The van der Waals surface area contributed by atoms with E-state index in [-0.39, 0.29) is 0 Å². The van der Waals surface area contributed by atoms with Crippen molar-refractivity contribution in [2.75, 3.05) is 5.73 Å². The van der Waals surface area contributed by atoms with Crippen molar-refractivity contribution < 1.29 is 0 Å². The van der Waals surface area contributed by atoms with Crippen molar-refractivity contribution in [3.8, 4) is 0 Å². The van der Waals surface area contributed by atoms with E-state index in [1.54, 1.807) is 0 Å². The van der Waals surface area contributed by atoms with Gasteiger partial charge in [-0.25, -0.2) is 0 Å². The summed E-state index contributed by atoms with van der Waals surface area (Å²) in [4.78, 5) is 0. The van der Waals surface area contributed by atoms with Gasteiger partial charge in [0.05, 0.1) is 0 Å². The van der Waals surface area contributed by atoms with Gasteiger partial charge in [0.2, 0.25) is 0 Å². The molecule has 1 aromatic rings. The molecule has 1 rings (SSSR count). The van der Waals surface area contributed by atoms with E-state index < -0.39 is 0 Å². The maximum atomic E-state index is 5.43. The lowest BCUT2D eigenvalue weighted by molar-refractivity contribution is 1.64. The first-order valence-electron chi connectivity index (χ1n) is 2.50. The molecular formula is C6H8BrNS2. The van der Waals surface area contributed by atoms with Crippen LogP contribution in [0.1, 0.15) is 0 Å². The molecule has 1 aromatic carbocycles. The van der Waals surface area contributed by atoms with Crippen LogP contribution in [-0.4, -0.2) is 0 Å². The van der Waals surface area contributed by atoms with Gasteiger partial charge in [0.1, 0.15) is 0 Å². The summed E-state index contributed by atoms with van der Waals surface area (Å²) in [7, 11) is 0. The summed E-state index contributed by atoms with van der Waals surface area (Å²) >= 11 is 9.73. The Hall–Kier alpha value is 0.200. The van der Waals surface area contributed by atoms with Gasteiger partial charge in [-0.05, 0) is 18.2 Å². The van der Waals surface area contributed by atoms with E-state index in [1.165, 1.54) is 0 Å². The summed E-state index contributed by atoms with van der Waals surface area (Å²) in [5, 5.41) is 0. The molecule has 0 saturated heterocycles. The molecule has 0 aliphatic heterocycles. The van der Waals surface area contributed by atoms with Crippen LogP contribution >= 0.6 is 39.3 Å². The number of nitrogen functional groups attached to an aromatic ring is 1. The zero-order valence-electron chi connectivity index (χ0n) is 5.16. The Morgan fingerprint density at radius 3 is 2.20 bits per heavy atom. The van der Waals surface area contributed by atoms with E-state index in [1.807, 2.05) is 24.3 Å². The Labute approximate surface area is 79.4 Å². The van der Waals surface area contributed by atoms with E-state index in [4.69, 9.17) is 5.73 Å². The maximum Gasteiger partial charge on any atom is 0.0325 e. The van der Waals surface area contributed by atoms with Crippen LogP contribution in [0.25, 0.3) is 0 Å². The van der Waals surface area contributed by atoms with Gasteiger partial charge >= 0.3 is 0 Å². The van der Waals surface area contributed by atoms with Crippen molar-refractivity contribution >= 4 is 44.9 Å². The third-order valence-electron chi connectivity index (χ3n) is 0.849. The molecule has 0 amide bonds. The van der Waals surface area contributed by atoms with Crippen molar-refractivity contribution in [3.05, 3.63) is 28.7 Å². The minimum absolute atomic E-state index is 0.791. The highest BCUT2D eigenvalue weighted by molar-refractivity contribution is 9.10. The molecule has 0 fully saturated rings. The number of hydrogen-bond acceptors (Lipinski definition) is 3. The summed E-state index contributed by atoms with van der Waals surface area (Å²) in [6, 6.07) is 7.56. The number of thiol groups is 2. The number of rotatable bonds is 0. The molecule has 2 N–H and O–H groups in total. The highest BCUT2D eigenvalue weighted by atomic mass is 79.9. The largest absolute Gasteiger partial charge is 0.399 e. The summed E-state index contributed by atoms with van der Waals surface area (Å²) in [6.45, 7) is 0. The molecule has 0 bridgehead atoms. The zero-order valence-corrected chi connectivity index (χ0v) is 8.53. The van der Waals surface area contributed by atoms with Gasteiger partial charge in [0, 0.05) is 10.2 Å². The molecule has 56 valence electrons. The third kappa shape index (κ3) is 4.09. The molecule has 0 aliphatic rings. The highest BCUT2D eigenvalue weighted by Crippen LogP contribution is 2.11. The number of benzene rings is 1. The normalized spacial score (nSPS) is 7.90. The Morgan fingerprint density at radius 1 is 1.30 bits per heavy atom. The zero-order chi connectivity index (χ0) is 7.98. The van der Waals surface area contributed by atoms with E-state index in [0.29, 0.717) is 0 Å². The SMILES string of the molecule is Nc1cccc(Br)c1.SS. The fourth-order valence-electron chi connectivity index (χ4n) is 0.507. The van der Waals surface area contributed by atoms with Gasteiger partial charge in [-0.1, -0.05) is 22.0 Å². The predicted octanol–water partition coefficient (Wildman–Crippen LogP) is 2.79. The number of anilines is 1. The molecule has 0 saturated carbocycles. The molecule has 4 heteroatoms. The second kappa shape index (κ2) is 5.95. The van der Waals surface area contributed by atoms with E-state index in [2.05, 4.69) is 39.3 Å². The van der Waals surface area contributed by atoms with Crippen molar-refractivity contribution in [3.63, 3.8) is 0 Å². The average Bonchev–Trinajstić information content (AvgIpc) is 1.91. The van der Waals surface area contributed by atoms with Crippen molar-refractivity contribution in [2.45, 2.75) is 0 Å². The van der Waals surface area contributed by atoms with Crippen LogP contribution in [-0.2, 0) is 0 Å². The van der Waals surface area contributed by atoms with Gasteiger partial charge < -0.3 is 5.73 Å². The monoisotopic (exact) mass is 237 g/mol. The summed E-state index contributed by atoms with van der Waals surface area (Å²) < 4.78 is 1.03. The number of hydrogen-bond donors (Lipinski definition) is 3. The maximum absolute atomic E-state index is 5.43. The molecule has 0 aliphatic carbocycles. The molecule has 0 atom stereocenters. The van der Waals surface area contributed by atoms with Gasteiger partial charge in [0.25, 0.3) is 0 Å². The average molecular weight is 238 g/mol. The third-order valence-corrected chi connectivity index (χ3v) is 1.34. The Kier molecular flexibility index (Phi) is 6.06. The lowest BCUT2D eigenvalue weighted by atomic mass is 10.3. The minimum Gasteiger partial charge on any atom is -0.399 e. The van der Waals surface area contributed by atoms with Crippen molar-refractivity contribution in [1.82, 2.24) is 0 Å². The fraction of sp³-hybridized carbons (Fsp3) is 0. The first-order valence-corrected chi connectivity index (χ1v) is 4.89. The first kappa shape index (κ1) is 10.2. The van der Waals surface area contributed by atoms with Crippen LogP contribution in [0, 0.1) is 0 Å². The van der Waals surface area contributed by atoms with E-state index >= 15 is 0 Å². The fourth-order valence-corrected chi connectivity index (χ4v) is 0.924. The number of halogens is 1. The van der Waals surface area contributed by atoms with Crippen LogP contribution in [0.4, 0.5) is 5.69 Å². The van der Waals surface area contributed by atoms with E-state index in [9.17, 15) is 0 Å². The van der Waals surface area contributed by atoms with Crippen molar-refractivity contribution in [1.29, 1.82) is 0 Å². The molecule has 0 aromatic heterocycles. The van der Waals surface area contributed by atoms with Crippen LogP contribution in [0.5, 0.6) is 0 Å². The van der Waals surface area contributed by atoms with Crippen LogP contribution in [0.15, 0.2) is 28.7 Å². The topological polar surface area (TPSA) is 26.0 Å². The van der Waals surface area contributed by atoms with Crippen molar-refractivity contribution in [2.24, 2.45) is 0 Å². The van der Waals surface area contributed by atoms with Crippen LogP contribution < -0.4 is 5.73 Å². The molecule has 1 nitrogen and oxygen atoms in total. The number of nitrogens with two attached hydrogens (primary N) is 1. The summed E-state index contributed by atoms with van der Waals surface area (Å²) in [5.41, 5.74) is 6.22. The predicted molar refractivity (Wildman–Crippen MR) is 56.5 cm³/mol. The van der Waals surface area contributed by atoms with Gasteiger partial charge in [-0.2, -0.15) is 0 Å². The van der Waals surface area contributed by atoms with Gasteiger partial charge in [-0.3, -0.25) is 0 Å². The second-order valence-electron chi connectivity index (χ2n) is 1.56. The van der Waals surface area contributed by atoms with Gasteiger partial charge in [-0.15, -0.1) is 23.3 Å². The van der Waals surface area contributed by atoms with Gasteiger partial charge in [0.15, 0.2) is 0 Å². The Balaban J connectivity index is 0.000000371. The Morgan fingerprint density at radius 2 is 1.90 bits per heavy atom. The minimum atomic E-state index is 0.791.